The second kappa shape index (κ2) is 7.44. The van der Waals surface area contributed by atoms with Crippen LogP contribution in [0.3, 0.4) is 0 Å². The zero-order chi connectivity index (χ0) is 14.4. The number of rotatable bonds is 8. The highest BCUT2D eigenvalue weighted by Gasteiger charge is 2.10. The summed E-state index contributed by atoms with van der Waals surface area (Å²) in [6.45, 7) is 4.26. The number of unbranched alkanes of at least 4 members (excludes halogenated alkanes) is 4. The predicted molar refractivity (Wildman–Crippen MR) is 85.9 cm³/mol. The van der Waals surface area contributed by atoms with Crippen LogP contribution in [0.4, 0.5) is 0 Å². The zero-order valence-electron chi connectivity index (χ0n) is 13.1. The van der Waals surface area contributed by atoms with Crippen molar-refractivity contribution >= 4 is 11.0 Å². The Kier molecular flexibility index (Phi) is 5.60. The maximum Gasteiger partial charge on any atom is 0.124 e. The van der Waals surface area contributed by atoms with Crippen molar-refractivity contribution in [3.63, 3.8) is 0 Å². The average molecular weight is 273 g/mol. The molecule has 20 heavy (non-hydrogen) atoms. The third-order valence-electron chi connectivity index (χ3n) is 3.68. The molecule has 2 aromatic rings. The van der Waals surface area contributed by atoms with Crippen LogP contribution >= 0.6 is 0 Å². The van der Waals surface area contributed by atoms with Gasteiger partial charge in [0.2, 0.25) is 0 Å². The molecule has 0 unspecified atom stereocenters. The molecule has 0 atom stereocenters. The van der Waals surface area contributed by atoms with E-state index in [0.717, 1.165) is 18.6 Å². The van der Waals surface area contributed by atoms with Crippen molar-refractivity contribution in [1.29, 1.82) is 0 Å². The molecule has 1 heterocycles. The number of hydrogen-bond acceptors (Lipinski definition) is 2. The van der Waals surface area contributed by atoms with Crippen molar-refractivity contribution in [2.45, 2.75) is 52.1 Å². The van der Waals surface area contributed by atoms with Crippen LogP contribution in [0.15, 0.2) is 24.3 Å². The van der Waals surface area contributed by atoms with Gasteiger partial charge in [-0.2, -0.15) is 0 Å². The van der Waals surface area contributed by atoms with E-state index in [2.05, 4.69) is 54.8 Å². The van der Waals surface area contributed by atoms with Gasteiger partial charge in [-0.25, -0.2) is 4.98 Å². The van der Waals surface area contributed by atoms with E-state index in [9.17, 15) is 0 Å². The Morgan fingerprint density at radius 1 is 1.05 bits per heavy atom. The molecule has 0 saturated carbocycles. The van der Waals surface area contributed by atoms with Gasteiger partial charge in [-0.3, -0.25) is 0 Å². The minimum absolute atomic E-state index is 0.906. The number of aromatic nitrogens is 2. The van der Waals surface area contributed by atoms with Gasteiger partial charge in [-0.15, -0.1) is 0 Å². The van der Waals surface area contributed by atoms with Gasteiger partial charge in [-0.05, 0) is 32.6 Å². The third-order valence-corrected chi connectivity index (χ3v) is 3.68. The minimum atomic E-state index is 0.906. The third kappa shape index (κ3) is 3.83. The largest absolute Gasteiger partial charge is 0.327 e. The van der Waals surface area contributed by atoms with E-state index in [0.29, 0.717) is 0 Å². The maximum atomic E-state index is 4.79. The summed E-state index contributed by atoms with van der Waals surface area (Å²) in [5, 5.41) is 0. The molecule has 110 valence electrons. The molecule has 0 aliphatic heterocycles. The minimum Gasteiger partial charge on any atom is -0.327 e. The van der Waals surface area contributed by atoms with Crippen molar-refractivity contribution in [3.05, 3.63) is 30.1 Å². The Morgan fingerprint density at radius 2 is 1.80 bits per heavy atom. The van der Waals surface area contributed by atoms with Gasteiger partial charge >= 0.3 is 0 Å². The van der Waals surface area contributed by atoms with Crippen LogP contribution in [0, 0.1) is 0 Å². The fourth-order valence-electron chi connectivity index (χ4n) is 2.65. The topological polar surface area (TPSA) is 21.1 Å². The smallest absolute Gasteiger partial charge is 0.124 e. The van der Waals surface area contributed by atoms with Gasteiger partial charge in [0.15, 0.2) is 0 Å². The van der Waals surface area contributed by atoms with Crippen molar-refractivity contribution < 1.29 is 0 Å². The summed E-state index contributed by atoms with van der Waals surface area (Å²) in [4.78, 5) is 6.98. The quantitative estimate of drug-likeness (QED) is 0.676. The molecule has 3 nitrogen and oxygen atoms in total. The van der Waals surface area contributed by atoms with Crippen LogP contribution in [0.25, 0.3) is 11.0 Å². The molecule has 0 N–H and O–H groups in total. The maximum absolute atomic E-state index is 4.79. The SMILES string of the molecule is CCCCCCCn1c(CN(C)C)nc2ccccc21. The molecule has 1 aromatic heterocycles. The number of fused-ring (bicyclic) bond motifs is 1. The number of para-hydroxylation sites is 2. The second-order valence-corrected chi connectivity index (χ2v) is 5.82. The van der Waals surface area contributed by atoms with Crippen LogP contribution in [0.1, 0.15) is 44.9 Å². The summed E-state index contributed by atoms with van der Waals surface area (Å²) < 4.78 is 2.40. The molecule has 0 amide bonds. The molecule has 0 saturated heterocycles. The van der Waals surface area contributed by atoms with Crippen LogP contribution in [0.2, 0.25) is 0 Å². The highest BCUT2D eigenvalue weighted by Crippen LogP contribution is 2.18. The van der Waals surface area contributed by atoms with Crippen molar-refractivity contribution in [2.75, 3.05) is 14.1 Å². The average Bonchev–Trinajstić information content (AvgIpc) is 2.75. The number of hydrogen-bond donors (Lipinski definition) is 0. The predicted octanol–water partition coefficient (Wildman–Crippen LogP) is 4.07. The lowest BCUT2D eigenvalue weighted by Crippen LogP contribution is -2.15. The lowest BCUT2D eigenvalue weighted by Gasteiger charge is -2.12. The Morgan fingerprint density at radius 3 is 2.55 bits per heavy atom. The van der Waals surface area contributed by atoms with E-state index < -0.39 is 0 Å². The molecular formula is C17H27N3. The van der Waals surface area contributed by atoms with E-state index in [-0.39, 0.29) is 0 Å². The Labute approximate surface area is 122 Å². The molecule has 0 bridgehead atoms. The molecule has 0 fully saturated rings. The van der Waals surface area contributed by atoms with Gasteiger partial charge in [0.05, 0.1) is 17.6 Å². The van der Waals surface area contributed by atoms with Gasteiger partial charge in [-0.1, -0.05) is 44.7 Å². The van der Waals surface area contributed by atoms with Gasteiger partial charge in [0.25, 0.3) is 0 Å². The standard InChI is InChI=1S/C17H27N3/c1-4-5-6-7-10-13-20-16-12-9-8-11-15(16)18-17(20)14-19(2)3/h8-9,11-12H,4-7,10,13-14H2,1-3H3. The Hall–Kier alpha value is -1.35. The van der Waals surface area contributed by atoms with E-state index in [1.54, 1.807) is 0 Å². The lowest BCUT2D eigenvalue weighted by atomic mass is 10.1. The highest BCUT2D eigenvalue weighted by atomic mass is 15.2. The first-order valence-electron chi connectivity index (χ1n) is 7.81. The molecule has 2 rings (SSSR count). The molecule has 0 aliphatic carbocycles. The summed E-state index contributed by atoms with van der Waals surface area (Å²) in [5.41, 5.74) is 2.40. The molecule has 0 spiro atoms. The first-order valence-corrected chi connectivity index (χ1v) is 7.81. The molecule has 1 aromatic carbocycles. The summed E-state index contributed by atoms with van der Waals surface area (Å²) in [7, 11) is 4.20. The van der Waals surface area contributed by atoms with Crippen LogP contribution in [-0.2, 0) is 13.1 Å². The number of benzene rings is 1. The fourth-order valence-corrected chi connectivity index (χ4v) is 2.65. The lowest BCUT2D eigenvalue weighted by molar-refractivity contribution is 0.380. The summed E-state index contributed by atoms with van der Waals surface area (Å²) >= 11 is 0. The summed E-state index contributed by atoms with van der Waals surface area (Å²) in [5.74, 6) is 1.19. The van der Waals surface area contributed by atoms with E-state index in [4.69, 9.17) is 4.98 Å². The van der Waals surface area contributed by atoms with E-state index >= 15 is 0 Å². The van der Waals surface area contributed by atoms with Crippen molar-refractivity contribution in [2.24, 2.45) is 0 Å². The van der Waals surface area contributed by atoms with Gasteiger partial charge in [0, 0.05) is 6.54 Å². The number of aryl methyl sites for hydroxylation is 1. The number of nitrogens with zero attached hydrogens (tertiary/aromatic N) is 3. The molecule has 0 aliphatic rings. The van der Waals surface area contributed by atoms with Crippen LogP contribution in [-0.4, -0.2) is 28.5 Å². The normalized spacial score (nSPS) is 11.6. The van der Waals surface area contributed by atoms with Crippen LogP contribution in [0.5, 0.6) is 0 Å². The molecular weight excluding hydrogens is 246 g/mol. The number of imidazole rings is 1. The van der Waals surface area contributed by atoms with E-state index in [1.807, 2.05) is 0 Å². The summed E-state index contributed by atoms with van der Waals surface area (Å²) in [6, 6.07) is 8.48. The van der Waals surface area contributed by atoms with E-state index in [1.165, 1.54) is 43.4 Å². The van der Waals surface area contributed by atoms with Crippen molar-refractivity contribution in [3.8, 4) is 0 Å². The Bertz CT molecular complexity index is 528. The van der Waals surface area contributed by atoms with Gasteiger partial charge in [0.1, 0.15) is 5.82 Å². The first kappa shape index (κ1) is 15.0. The zero-order valence-corrected chi connectivity index (χ0v) is 13.1. The first-order chi connectivity index (χ1) is 9.72. The monoisotopic (exact) mass is 273 g/mol. The van der Waals surface area contributed by atoms with Crippen LogP contribution < -0.4 is 0 Å². The fraction of sp³-hybridized carbons (Fsp3) is 0.588. The van der Waals surface area contributed by atoms with Crippen molar-refractivity contribution in [1.82, 2.24) is 14.5 Å². The second-order valence-electron chi connectivity index (χ2n) is 5.82. The van der Waals surface area contributed by atoms with Gasteiger partial charge < -0.3 is 9.47 Å². The Balaban J connectivity index is 2.11. The molecule has 3 heteroatoms. The highest BCUT2D eigenvalue weighted by molar-refractivity contribution is 5.75. The molecule has 0 radical (unpaired) electrons. The summed E-state index contributed by atoms with van der Waals surface area (Å²) in [6.07, 6.45) is 6.59.